The van der Waals surface area contributed by atoms with Crippen LogP contribution in [0.15, 0.2) is 50.6 Å². The van der Waals surface area contributed by atoms with Gasteiger partial charge in [0.2, 0.25) is 5.88 Å². The number of phenols is 1. The average molecular weight is 244 g/mol. The number of aromatic amines is 1. The van der Waals surface area contributed by atoms with Gasteiger partial charge >= 0.3 is 5.69 Å². The first-order chi connectivity index (χ1) is 8.68. The first-order valence-electron chi connectivity index (χ1n) is 5.19. The van der Waals surface area contributed by atoms with Gasteiger partial charge in [0, 0.05) is 6.07 Å². The highest BCUT2D eigenvalue weighted by Crippen LogP contribution is 2.18. The number of rotatable bonds is 1. The Morgan fingerprint density at radius 2 is 2.00 bits per heavy atom. The van der Waals surface area contributed by atoms with Crippen molar-refractivity contribution in [1.29, 1.82) is 0 Å². The molecule has 2 aromatic heterocycles. The number of aromatic hydroxyl groups is 1. The molecule has 2 N–H and O–H groups in total. The van der Waals surface area contributed by atoms with Crippen LogP contribution in [-0.2, 0) is 0 Å². The highest BCUT2D eigenvalue weighted by atomic mass is 16.3. The number of hydrogen-bond acceptors (Lipinski definition) is 4. The number of furan rings is 1. The molecule has 90 valence electrons. The number of phenolic OH excluding ortho intramolecular Hbond substituents is 1. The Kier molecular flexibility index (Phi) is 2.09. The summed E-state index contributed by atoms with van der Waals surface area (Å²) in [6, 6.07) is 7.53. The average Bonchev–Trinajstić information content (AvgIpc) is 2.82. The Hall–Kier alpha value is -2.76. The van der Waals surface area contributed by atoms with Crippen molar-refractivity contribution in [3.05, 3.63) is 57.4 Å². The molecule has 0 saturated carbocycles. The Bertz CT molecular complexity index is 827. The van der Waals surface area contributed by atoms with Crippen molar-refractivity contribution in [3.8, 4) is 11.6 Å². The standard InChI is InChI=1S/C12H8N2O4/c15-8-4-1-3-7-10(8)11(16)14(12(17)13-7)9-5-2-6-18-9/h1-6,15H,(H,13,17). The maximum Gasteiger partial charge on any atom is 0.335 e. The van der Waals surface area contributed by atoms with Crippen LogP contribution in [0, 0.1) is 0 Å². The second-order valence-corrected chi connectivity index (χ2v) is 3.72. The van der Waals surface area contributed by atoms with Gasteiger partial charge in [0.05, 0.1) is 11.8 Å². The van der Waals surface area contributed by atoms with Gasteiger partial charge in [-0.05, 0) is 18.2 Å². The molecule has 3 aromatic rings. The molecule has 0 aliphatic heterocycles. The molecule has 0 fully saturated rings. The van der Waals surface area contributed by atoms with Gasteiger partial charge in [-0.3, -0.25) is 4.79 Å². The van der Waals surface area contributed by atoms with E-state index in [9.17, 15) is 14.7 Å². The molecule has 0 saturated heterocycles. The number of aromatic nitrogens is 2. The summed E-state index contributed by atoms with van der Waals surface area (Å²) in [4.78, 5) is 26.5. The van der Waals surface area contributed by atoms with Crippen molar-refractivity contribution in [2.24, 2.45) is 0 Å². The van der Waals surface area contributed by atoms with Crippen LogP contribution >= 0.6 is 0 Å². The van der Waals surface area contributed by atoms with Crippen LogP contribution in [0.2, 0.25) is 0 Å². The zero-order valence-corrected chi connectivity index (χ0v) is 9.08. The summed E-state index contributed by atoms with van der Waals surface area (Å²) in [7, 11) is 0. The van der Waals surface area contributed by atoms with E-state index in [0.717, 1.165) is 4.57 Å². The number of H-pyrrole nitrogens is 1. The lowest BCUT2D eigenvalue weighted by molar-refractivity contribution is 0.480. The number of fused-ring (bicyclic) bond motifs is 1. The molecule has 6 nitrogen and oxygen atoms in total. The summed E-state index contributed by atoms with van der Waals surface area (Å²) in [5.41, 5.74) is -0.956. The minimum absolute atomic E-state index is 0.0495. The summed E-state index contributed by atoms with van der Waals surface area (Å²) in [5, 5.41) is 9.75. The largest absolute Gasteiger partial charge is 0.507 e. The lowest BCUT2D eigenvalue weighted by atomic mass is 10.2. The fourth-order valence-corrected chi connectivity index (χ4v) is 1.84. The lowest BCUT2D eigenvalue weighted by Gasteiger charge is -2.04. The predicted octanol–water partition coefficient (Wildman–Crippen LogP) is 0.978. The zero-order valence-electron chi connectivity index (χ0n) is 9.08. The normalized spacial score (nSPS) is 10.9. The molecule has 0 radical (unpaired) electrons. The van der Waals surface area contributed by atoms with Gasteiger partial charge in [-0.1, -0.05) is 6.07 Å². The van der Waals surface area contributed by atoms with Gasteiger partial charge in [0.15, 0.2) is 0 Å². The Morgan fingerprint density at radius 3 is 2.72 bits per heavy atom. The van der Waals surface area contributed by atoms with Crippen molar-refractivity contribution < 1.29 is 9.52 Å². The van der Waals surface area contributed by atoms with Crippen LogP contribution in [0.25, 0.3) is 16.8 Å². The van der Waals surface area contributed by atoms with Gasteiger partial charge in [-0.15, -0.1) is 0 Å². The van der Waals surface area contributed by atoms with Crippen LogP contribution in [0.3, 0.4) is 0 Å². The van der Waals surface area contributed by atoms with E-state index < -0.39 is 11.2 Å². The van der Waals surface area contributed by atoms with Crippen molar-refractivity contribution in [3.63, 3.8) is 0 Å². The van der Waals surface area contributed by atoms with Gasteiger partial charge in [0.25, 0.3) is 5.56 Å². The summed E-state index contributed by atoms with van der Waals surface area (Å²) in [6.07, 6.45) is 1.36. The van der Waals surface area contributed by atoms with Crippen LogP contribution in [0.1, 0.15) is 0 Å². The molecule has 0 bridgehead atoms. The van der Waals surface area contributed by atoms with Crippen molar-refractivity contribution >= 4 is 10.9 Å². The van der Waals surface area contributed by atoms with Crippen molar-refractivity contribution in [2.75, 3.05) is 0 Å². The SMILES string of the molecule is O=c1[nH]c2cccc(O)c2c(=O)n1-c1ccco1. The molecule has 0 aliphatic rings. The van der Waals surface area contributed by atoms with E-state index in [2.05, 4.69) is 4.98 Å². The quantitative estimate of drug-likeness (QED) is 0.667. The molecule has 0 atom stereocenters. The highest BCUT2D eigenvalue weighted by Gasteiger charge is 2.13. The smallest absolute Gasteiger partial charge is 0.335 e. The highest BCUT2D eigenvalue weighted by molar-refractivity contribution is 5.83. The minimum atomic E-state index is -0.623. The fourth-order valence-electron chi connectivity index (χ4n) is 1.84. The Balaban J connectivity index is 2.52. The molecule has 18 heavy (non-hydrogen) atoms. The van der Waals surface area contributed by atoms with Crippen LogP contribution in [0.4, 0.5) is 0 Å². The summed E-state index contributed by atoms with van der Waals surface area (Å²) < 4.78 is 5.87. The molecule has 3 rings (SSSR count). The molecule has 2 heterocycles. The first-order valence-corrected chi connectivity index (χ1v) is 5.19. The molecule has 0 spiro atoms. The third-order valence-electron chi connectivity index (χ3n) is 2.63. The number of nitrogens with one attached hydrogen (secondary N) is 1. The van der Waals surface area contributed by atoms with Gasteiger partial charge < -0.3 is 14.5 Å². The summed E-state index contributed by atoms with van der Waals surface area (Å²) in [6.45, 7) is 0. The second-order valence-electron chi connectivity index (χ2n) is 3.72. The summed E-state index contributed by atoms with van der Waals surface area (Å²) >= 11 is 0. The van der Waals surface area contributed by atoms with Gasteiger partial charge in [-0.25, -0.2) is 4.79 Å². The maximum absolute atomic E-state index is 12.2. The van der Waals surface area contributed by atoms with Crippen molar-refractivity contribution in [2.45, 2.75) is 0 Å². The molecule has 0 aliphatic carbocycles. The van der Waals surface area contributed by atoms with E-state index in [4.69, 9.17) is 4.42 Å². The molecular weight excluding hydrogens is 236 g/mol. The van der Waals surface area contributed by atoms with Crippen molar-refractivity contribution in [1.82, 2.24) is 9.55 Å². The molecule has 6 heteroatoms. The van der Waals surface area contributed by atoms with E-state index in [-0.39, 0.29) is 22.5 Å². The molecule has 1 aromatic carbocycles. The van der Waals surface area contributed by atoms with Gasteiger partial charge in [-0.2, -0.15) is 4.57 Å². The number of benzene rings is 1. The van der Waals surface area contributed by atoms with E-state index in [1.807, 2.05) is 0 Å². The van der Waals surface area contributed by atoms with Crippen LogP contribution in [0.5, 0.6) is 5.75 Å². The second kappa shape index (κ2) is 3.63. The van der Waals surface area contributed by atoms with E-state index in [1.54, 1.807) is 18.2 Å². The third kappa shape index (κ3) is 1.36. The lowest BCUT2D eigenvalue weighted by Crippen LogP contribution is -2.33. The molecular formula is C12H8N2O4. The molecule has 0 unspecified atom stereocenters. The van der Waals surface area contributed by atoms with Crippen LogP contribution in [-0.4, -0.2) is 14.7 Å². The van der Waals surface area contributed by atoms with Crippen LogP contribution < -0.4 is 11.2 Å². The number of nitrogens with zero attached hydrogens (tertiary/aromatic N) is 1. The monoisotopic (exact) mass is 244 g/mol. The number of hydrogen-bond donors (Lipinski definition) is 2. The summed E-state index contributed by atoms with van der Waals surface area (Å²) in [5.74, 6) is -0.0829. The zero-order chi connectivity index (χ0) is 12.7. The third-order valence-corrected chi connectivity index (χ3v) is 2.63. The Labute approximate surface area is 99.7 Å². The van der Waals surface area contributed by atoms with Gasteiger partial charge in [0.1, 0.15) is 11.1 Å². The molecule has 0 amide bonds. The van der Waals surface area contributed by atoms with E-state index in [1.165, 1.54) is 18.4 Å². The van der Waals surface area contributed by atoms with E-state index >= 15 is 0 Å². The minimum Gasteiger partial charge on any atom is -0.507 e. The van der Waals surface area contributed by atoms with E-state index in [0.29, 0.717) is 0 Å². The topological polar surface area (TPSA) is 88.2 Å². The Morgan fingerprint density at radius 1 is 1.17 bits per heavy atom. The fraction of sp³-hybridized carbons (Fsp3) is 0. The first kappa shape index (κ1) is 10.4. The predicted molar refractivity (Wildman–Crippen MR) is 64.1 cm³/mol. The maximum atomic E-state index is 12.2.